The molecule has 0 aromatic heterocycles. The normalized spacial score (nSPS) is 26.1. The molecule has 1 atom stereocenters. The first-order valence-corrected chi connectivity index (χ1v) is 8.08. The maximum Gasteiger partial charge on any atom is 0.407 e. The smallest absolute Gasteiger partial charge is 0.407 e. The van der Waals surface area contributed by atoms with Crippen molar-refractivity contribution in [3.05, 3.63) is 35.4 Å². The molecule has 8 heteroatoms. The van der Waals surface area contributed by atoms with E-state index in [1.807, 2.05) is 0 Å². The van der Waals surface area contributed by atoms with Gasteiger partial charge in [0.15, 0.2) is 0 Å². The molecule has 2 aliphatic heterocycles. The lowest BCUT2D eigenvalue weighted by molar-refractivity contribution is -0.160. The van der Waals surface area contributed by atoms with Gasteiger partial charge in [-0.15, -0.1) is 0 Å². The number of benzene rings is 1. The first-order valence-electron chi connectivity index (χ1n) is 8.08. The van der Waals surface area contributed by atoms with E-state index in [1.165, 1.54) is 12.1 Å². The van der Waals surface area contributed by atoms with Gasteiger partial charge in [0, 0.05) is 19.6 Å². The lowest BCUT2D eigenvalue weighted by Gasteiger charge is -2.44. The van der Waals surface area contributed by atoms with Crippen LogP contribution in [-0.2, 0) is 0 Å². The molecule has 3 aliphatic rings. The van der Waals surface area contributed by atoms with Crippen LogP contribution in [0.5, 0.6) is 0 Å². The molecule has 132 valence electrons. The Morgan fingerprint density at radius 1 is 1.16 bits per heavy atom. The summed E-state index contributed by atoms with van der Waals surface area (Å²) in [4.78, 5) is 37.9. The van der Waals surface area contributed by atoms with Crippen molar-refractivity contribution in [2.24, 2.45) is 11.3 Å². The lowest BCUT2D eigenvalue weighted by Crippen LogP contribution is -2.59. The molecule has 2 fully saturated rings. The predicted molar refractivity (Wildman–Crippen MR) is 81.5 cm³/mol. The fraction of sp³-hybridized carbons (Fsp3) is 0.471. The number of carbonyl (C=O) groups is 3. The summed E-state index contributed by atoms with van der Waals surface area (Å²) in [6, 6.07) is 6.18. The Labute approximate surface area is 142 Å². The molecule has 1 unspecified atom stereocenters. The molecule has 1 aromatic rings. The number of amides is 3. The molecule has 1 aliphatic carbocycles. The average Bonchev–Trinajstić information content (AvgIpc) is 3.31. The van der Waals surface area contributed by atoms with Crippen LogP contribution < -0.4 is 0 Å². The van der Waals surface area contributed by atoms with Crippen molar-refractivity contribution in [1.29, 1.82) is 0 Å². The molecule has 1 spiro atoms. The SMILES string of the molecule is O=C(O)N1CC(CN2C(=O)c3ccccc3C2=O)C(F)(F)C2(CC2)C1. The summed E-state index contributed by atoms with van der Waals surface area (Å²) in [6.07, 6.45) is -0.751. The van der Waals surface area contributed by atoms with Crippen LogP contribution in [0.4, 0.5) is 13.6 Å². The summed E-state index contributed by atoms with van der Waals surface area (Å²) >= 11 is 0. The Bertz CT molecular complexity index is 756. The van der Waals surface area contributed by atoms with Crippen LogP contribution in [0.25, 0.3) is 0 Å². The van der Waals surface area contributed by atoms with Gasteiger partial charge in [-0.05, 0) is 25.0 Å². The minimum absolute atomic E-state index is 0.197. The van der Waals surface area contributed by atoms with Gasteiger partial charge in [0.1, 0.15) is 0 Å². The van der Waals surface area contributed by atoms with E-state index in [-0.39, 0.29) is 30.5 Å². The quantitative estimate of drug-likeness (QED) is 0.831. The third-order valence-electron chi connectivity index (χ3n) is 5.56. The van der Waals surface area contributed by atoms with Crippen molar-refractivity contribution in [2.45, 2.75) is 18.8 Å². The Kier molecular flexibility index (Phi) is 3.20. The maximum absolute atomic E-state index is 14.9. The summed E-state index contributed by atoms with van der Waals surface area (Å²) in [5.41, 5.74) is -0.960. The molecule has 1 N–H and O–H groups in total. The van der Waals surface area contributed by atoms with Gasteiger partial charge in [-0.25, -0.2) is 13.6 Å². The number of hydrogen-bond acceptors (Lipinski definition) is 3. The molecule has 25 heavy (non-hydrogen) atoms. The molecule has 3 amide bonds. The van der Waals surface area contributed by atoms with Gasteiger partial charge < -0.3 is 10.0 Å². The number of carboxylic acid groups (broad SMARTS) is 1. The van der Waals surface area contributed by atoms with Crippen molar-refractivity contribution in [1.82, 2.24) is 9.80 Å². The number of halogens is 2. The van der Waals surface area contributed by atoms with Crippen molar-refractivity contribution in [3.8, 4) is 0 Å². The van der Waals surface area contributed by atoms with Gasteiger partial charge in [0.2, 0.25) is 0 Å². The Hall–Kier alpha value is -2.51. The van der Waals surface area contributed by atoms with Crippen LogP contribution in [-0.4, -0.2) is 58.4 Å². The van der Waals surface area contributed by atoms with E-state index >= 15 is 0 Å². The number of likely N-dealkylation sites (tertiary alicyclic amines) is 1. The minimum Gasteiger partial charge on any atom is -0.465 e. The minimum atomic E-state index is -3.12. The molecule has 6 nitrogen and oxygen atoms in total. The number of piperidine rings is 1. The average molecular weight is 350 g/mol. The van der Waals surface area contributed by atoms with Gasteiger partial charge >= 0.3 is 6.09 Å². The van der Waals surface area contributed by atoms with Gasteiger partial charge in [-0.1, -0.05) is 12.1 Å². The highest BCUT2D eigenvalue weighted by molar-refractivity contribution is 6.21. The second-order valence-corrected chi connectivity index (χ2v) is 7.03. The summed E-state index contributed by atoms with van der Waals surface area (Å²) in [5, 5.41) is 9.23. The molecular formula is C17H16F2N2O4. The second kappa shape index (κ2) is 5.00. The number of fused-ring (bicyclic) bond motifs is 1. The molecule has 1 aromatic carbocycles. The van der Waals surface area contributed by atoms with Gasteiger partial charge in [-0.2, -0.15) is 0 Å². The van der Waals surface area contributed by atoms with Crippen molar-refractivity contribution in [3.63, 3.8) is 0 Å². The fourth-order valence-corrected chi connectivity index (χ4v) is 3.93. The Morgan fingerprint density at radius 3 is 2.20 bits per heavy atom. The number of hydrogen-bond donors (Lipinski definition) is 1. The fourth-order valence-electron chi connectivity index (χ4n) is 3.93. The number of rotatable bonds is 2. The third-order valence-corrected chi connectivity index (χ3v) is 5.56. The van der Waals surface area contributed by atoms with E-state index in [2.05, 4.69) is 0 Å². The zero-order valence-corrected chi connectivity index (χ0v) is 13.2. The Morgan fingerprint density at radius 2 is 1.72 bits per heavy atom. The molecular weight excluding hydrogens is 334 g/mol. The number of alkyl halides is 2. The van der Waals surface area contributed by atoms with E-state index < -0.39 is 48.3 Å². The van der Waals surface area contributed by atoms with E-state index in [0.717, 1.165) is 9.80 Å². The number of nitrogens with zero attached hydrogens (tertiary/aromatic N) is 2. The molecule has 1 saturated heterocycles. The topological polar surface area (TPSA) is 77.9 Å². The largest absolute Gasteiger partial charge is 0.465 e. The summed E-state index contributed by atoms with van der Waals surface area (Å²) in [6.45, 7) is -1.07. The zero-order valence-electron chi connectivity index (χ0n) is 13.2. The monoisotopic (exact) mass is 350 g/mol. The first kappa shape index (κ1) is 16.0. The number of imide groups is 1. The zero-order chi connectivity index (χ0) is 18.0. The summed E-state index contributed by atoms with van der Waals surface area (Å²) < 4.78 is 29.8. The van der Waals surface area contributed by atoms with E-state index in [4.69, 9.17) is 0 Å². The predicted octanol–water partition coefficient (Wildman–Crippen LogP) is 2.31. The van der Waals surface area contributed by atoms with Crippen molar-refractivity contribution >= 4 is 17.9 Å². The molecule has 4 rings (SSSR count). The molecule has 1 saturated carbocycles. The van der Waals surface area contributed by atoms with E-state index in [9.17, 15) is 28.3 Å². The van der Waals surface area contributed by atoms with E-state index in [1.54, 1.807) is 12.1 Å². The van der Waals surface area contributed by atoms with Crippen molar-refractivity contribution in [2.75, 3.05) is 19.6 Å². The van der Waals surface area contributed by atoms with Gasteiger partial charge in [-0.3, -0.25) is 14.5 Å². The molecule has 0 radical (unpaired) electrons. The van der Waals surface area contributed by atoms with Crippen LogP contribution in [0.2, 0.25) is 0 Å². The van der Waals surface area contributed by atoms with Crippen LogP contribution in [0.15, 0.2) is 24.3 Å². The first-order chi connectivity index (χ1) is 11.8. The summed E-state index contributed by atoms with van der Waals surface area (Å²) in [7, 11) is 0. The lowest BCUT2D eigenvalue weighted by atomic mass is 9.82. The van der Waals surface area contributed by atoms with Crippen LogP contribution in [0.3, 0.4) is 0 Å². The second-order valence-electron chi connectivity index (χ2n) is 7.03. The van der Waals surface area contributed by atoms with Gasteiger partial charge in [0.25, 0.3) is 17.7 Å². The highest BCUT2D eigenvalue weighted by atomic mass is 19.3. The molecule has 2 heterocycles. The highest BCUT2D eigenvalue weighted by Crippen LogP contribution is 2.62. The Balaban J connectivity index is 1.62. The van der Waals surface area contributed by atoms with Crippen LogP contribution in [0, 0.1) is 11.3 Å². The summed E-state index contributed by atoms with van der Waals surface area (Å²) in [5.74, 6) is -5.72. The van der Waals surface area contributed by atoms with Gasteiger partial charge in [0.05, 0.1) is 22.5 Å². The standard InChI is InChI=1S/C17H16F2N2O4/c18-17(19)10(7-20(15(24)25)9-16(17)5-6-16)8-21-13(22)11-3-1-2-4-12(11)14(21)23/h1-4,10H,5-9H2,(H,24,25). The van der Waals surface area contributed by atoms with E-state index in [0.29, 0.717) is 0 Å². The number of carbonyl (C=O) groups excluding carboxylic acids is 2. The van der Waals surface area contributed by atoms with Crippen LogP contribution in [0.1, 0.15) is 33.6 Å². The maximum atomic E-state index is 14.9. The van der Waals surface area contributed by atoms with Crippen LogP contribution >= 0.6 is 0 Å². The van der Waals surface area contributed by atoms with Crippen molar-refractivity contribution < 1.29 is 28.3 Å². The molecule has 0 bridgehead atoms. The highest BCUT2D eigenvalue weighted by Gasteiger charge is 2.68. The third kappa shape index (κ3) is 2.16.